The average Bonchev–Trinajstić information content (AvgIpc) is 2.85. The molecule has 0 amide bonds. The molecule has 5 nitrogen and oxygen atoms in total. The standard InChI is InChI=1S/C27H27N3O2S/c1-20-12-13-21(2)25(18-20)29-14-16-30(17-15-29)27-23-10-6-7-11-24(23)28-19-26(27)33(31,32)22-8-4-3-5-9-22/h3-13,18-19H,14-17H2,1-2H3. The van der Waals surface area contributed by atoms with Gasteiger partial charge in [0, 0.05) is 43.4 Å². The maximum Gasteiger partial charge on any atom is 0.210 e. The molecule has 0 N–H and O–H groups in total. The maximum absolute atomic E-state index is 13.6. The maximum atomic E-state index is 13.6. The highest BCUT2D eigenvalue weighted by Gasteiger charge is 2.29. The van der Waals surface area contributed by atoms with Gasteiger partial charge in [-0.1, -0.05) is 48.5 Å². The zero-order chi connectivity index (χ0) is 23.0. The quantitative estimate of drug-likeness (QED) is 0.431. The Bertz CT molecular complexity index is 1410. The fourth-order valence-electron chi connectivity index (χ4n) is 4.59. The Morgan fingerprint density at radius 3 is 2.21 bits per heavy atom. The molecule has 4 aromatic rings. The summed E-state index contributed by atoms with van der Waals surface area (Å²) in [6, 6.07) is 22.9. The van der Waals surface area contributed by atoms with Gasteiger partial charge in [0.1, 0.15) is 4.90 Å². The number of hydrogen-bond donors (Lipinski definition) is 0. The summed E-state index contributed by atoms with van der Waals surface area (Å²) in [6.45, 7) is 7.38. The molecule has 1 aromatic heterocycles. The summed E-state index contributed by atoms with van der Waals surface area (Å²) in [5.74, 6) is 0. The number of sulfone groups is 1. The van der Waals surface area contributed by atoms with E-state index in [1.165, 1.54) is 23.0 Å². The topological polar surface area (TPSA) is 53.5 Å². The SMILES string of the molecule is Cc1ccc(C)c(N2CCN(c3c(S(=O)(=O)c4ccccc4)cnc4ccccc34)CC2)c1. The number of benzene rings is 3. The molecule has 0 aliphatic carbocycles. The molecule has 1 aliphatic rings. The van der Waals surface area contributed by atoms with Crippen LogP contribution in [0.25, 0.3) is 10.9 Å². The van der Waals surface area contributed by atoms with Crippen LogP contribution in [0.3, 0.4) is 0 Å². The molecule has 2 heterocycles. The van der Waals surface area contributed by atoms with Crippen molar-refractivity contribution in [2.75, 3.05) is 36.0 Å². The monoisotopic (exact) mass is 457 g/mol. The van der Waals surface area contributed by atoms with Gasteiger partial charge >= 0.3 is 0 Å². The molecule has 0 atom stereocenters. The van der Waals surface area contributed by atoms with Crippen LogP contribution in [0.5, 0.6) is 0 Å². The summed E-state index contributed by atoms with van der Waals surface area (Å²) in [4.78, 5) is 9.66. The van der Waals surface area contributed by atoms with Crippen molar-refractivity contribution >= 4 is 32.1 Å². The second-order valence-electron chi connectivity index (χ2n) is 8.57. The lowest BCUT2D eigenvalue weighted by atomic mass is 10.1. The number of anilines is 2. The molecule has 0 spiro atoms. The zero-order valence-corrected chi connectivity index (χ0v) is 19.7. The first-order chi connectivity index (χ1) is 15.9. The second-order valence-corrected chi connectivity index (χ2v) is 10.5. The molecule has 0 saturated carbocycles. The predicted molar refractivity (Wildman–Crippen MR) is 134 cm³/mol. The molecule has 168 valence electrons. The molecule has 0 radical (unpaired) electrons. The number of nitrogens with zero attached hydrogens (tertiary/aromatic N) is 3. The Hall–Kier alpha value is -3.38. The number of para-hydroxylation sites is 1. The van der Waals surface area contributed by atoms with Crippen LogP contribution in [-0.2, 0) is 9.84 Å². The van der Waals surface area contributed by atoms with Gasteiger partial charge in [0.25, 0.3) is 0 Å². The number of piperazine rings is 1. The van der Waals surface area contributed by atoms with E-state index in [2.05, 4.69) is 46.8 Å². The van der Waals surface area contributed by atoms with Gasteiger partial charge in [0.05, 0.1) is 16.1 Å². The van der Waals surface area contributed by atoms with Gasteiger partial charge in [-0.2, -0.15) is 0 Å². The molecule has 0 bridgehead atoms. The predicted octanol–water partition coefficient (Wildman–Crippen LogP) is 5.01. The van der Waals surface area contributed by atoms with Crippen molar-refractivity contribution in [2.24, 2.45) is 0 Å². The Balaban J connectivity index is 1.56. The van der Waals surface area contributed by atoms with Crippen LogP contribution >= 0.6 is 0 Å². The Morgan fingerprint density at radius 2 is 1.45 bits per heavy atom. The third kappa shape index (κ3) is 3.95. The molecule has 3 aromatic carbocycles. The summed E-state index contributed by atoms with van der Waals surface area (Å²) in [5.41, 5.74) is 5.32. The smallest absolute Gasteiger partial charge is 0.210 e. The molecule has 33 heavy (non-hydrogen) atoms. The van der Waals surface area contributed by atoms with Crippen molar-refractivity contribution in [1.29, 1.82) is 0 Å². The van der Waals surface area contributed by atoms with Crippen LogP contribution in [-0.4, -0.2) is 39.6 Å². The molecule has 1 saturated heterocycles. The van der Waals surface area contributed by atoms with E-state index in [4.69, 9.17) is 0 Å². The fraction of sp³-hybridized carbons (Fsp3) is 0.222. The van der Waals surface area contributed by atoms with Gasteiger partial charge in [-0.25, -0.2) is 8.42 Å². The minimum atomic E-state index is -3.71. The highest BCUT2D eigenvalue weighted by molar-refractivity contribution is 7.91. The summed E-state index contributed by atoms with van der Waals surface area (Å²) in [6.07, 6.45) is 1.52. The molecular weight excluding hydrogens is 430 g/mol. The number of hydrogen-bond acceptors (Lipinski definition) is 5. The fourth-order valence-corrected chi connectivity index (χ4v) is 6.04. The molecule has 1 aliphatic heterocycles. The molecule has 1 fully saturated rings. The second kappa shape index (κ2) is 8.52. The van der Waals surface area contributed by atoms with E-state index >= 15 is 0 Å². The Kier molecular flexibility index (Phi) is 5.54. The average molecular weight is 458 g/mol. The van der Waals surface area contributed by atoms with Crippen LogP contribution in [0.2, 0.25) is 0 Å². The summed E-state index contributed by atoms with van der Waals surface area (Å²) < 4.78 is 27.3. The lowest BCUT2D eigenvalue weighted by molar-refractivity contribution is 0.594. The van der Waals surface area contributed by atoms with Gasteiger partial charge in [0.2, 0.25) is 9.84 Å². The van der Waals surface area contributed by atoms with Gasteiger partial charge < -0.3 is 9.80 Å². The van der Waals surface area contributed by atoms with Crippen LogP contribution in [0.4, 0.5) is 11.4 Å². The lowest BCUT2D eigenvalue weighted by Crippen LogP contribution is -2.47. The largest absolute Gasteiger partial charge is 0.368 e. The van der Waals surface area contributed by atoms with Crippen molar-refractivity contribution < 1.29 is 8.42 Å². The first-order valence-corrected chi connectivity index (χ1v) is 12.7. The number of aromatic nitrogens is 1. The van der Waals surface area contributed by atoms with E-state index in [9.17, 15) is 8.42 Å². The van der Waals surface area contributed by atoms with Gasteiger partial charge in [0.15, 0.2) is 0 Å². The van der Waals surface area contributed by atoms with E-state index in [1.54, 1.807) is 24.3 Å². The van der Waals surface area contributed by atoms with Gasteiger partial charge in [-0.3, -0.25) is 4.98 Å². The van der Waals surface area contributed by atoms with E-state index in [0.29, 0.717) is 0 Å². The van der Waals surface area contributed by atoms with E-state index in [0.717, 1.165) is 42.8 Å². The van der Waals surface area contributed by atoms with E-state index in [1.807, 2.05) is 30.3 Å². The van der Waals surface area contributed by atoms with E-state index in [-0.39, 0.29) is 9.79 Å². The van der Waals surface area contributed by atoms with Gasteiger partial charge in [-0.15, -0.1) is 0 Å². The van der Waals surface area contributed by atoms with Crippen LogP contribution in [0, 0.1) is 13.8 Å². The number of fused-ring (bicyclic) bond motifs is 1. The minimum Gasteiger partial charge on any atom is -0.368 e. The highest BCUT2D eigenvalue weighted by Crippen LogP contribution is 2.36. The van der Waals surface area contributed by atoms with Crippen LogP contribution < -0.4 is 9.80 Å². The number of rotatable bonds is 4. The van der Waals surface area contributed by atoms with Gasteiger partial charge in [-0.05, 0) is 49.2 Å². The highest BCUT2D eigenvalue weighted by atomic mass is 32.2. The number of pyridine rings is 1. The Labute approximate surface area is 195 Å². The lowest BCUT2D eigenvalue weighted by Gasteiger charge is -2.39. The first-order valence-electron chi connectivity index (χ1n) is 11.2. The third-order valence-corrected chi connectivity index (χ3v) is 8.13. The first kappa shape index (κ1) is 21.5. The normalized spacial score (nSPS) is 14.6. The zero-order valence-electron chi connectivity index (χ0n) is 18.9. The third-order valence-electron chi connectivity index (χ3n) is 6.36. The van der Waals surface area contributed by atoms with Crippen LogP contribution in [0.15, 0.2) is 88.8 Å². The van der Waals surface area contributed by atoms with Crippen molar-refractivity contribution in [2.45, 2.75) is 23.6 Å². The summed E-state index contributed by atoms with van der Waals surface area (Å²) in [7, 11) is -3.71. The molecule has 5 rings (SSSR count). The number of aryl methyl sites for hydroxylation is 2. The van der Waals surface area contributed by atoms with Crippen LogP contribution in [0.1, 0.15) is 11.1 Å². The minimum absolute atomic E-state index is 0.271. The van der Waals surface area contributed by atoms with E-state index < -0.39 is 9.84 Å². The van der Waals surface area contributed by atoms with Crippen molar-refractivity contribution in [3.63, 3.8) is 0 Å². The van der Waals surface area contributed by atoms with Crippen molar-refractivity contribution in [3.05, 3.63) is 90.1 Å². The Morgan fingerprint density at radius 1 is 0.788 bits per heavy atom. The van der Waals surface area contributed by atoms with Crippen molar-refractivity contribution in [3.8, 4) is 0 Å². The molecular formula is C27H27N3O2S. The molecule has 6 heteroatoms. The van der Waals surface area contributed by atoms with Crippen molar-refractivity contribution in [1.82, 2.24) is 4.98 Å². The summed E-state index contributed by atoms with van der Waals surface area (Å²) >= 11 is 0. The summed E-state index contributed by atoms with van der Waals surface area (Å²) in [5, 5.41) is 0.870. The molecule has 0 unspecified atom stereocenters.